The van der Waals surface area contributed by atoms with Crippen LogP contribution in [0.5, 0.6) is 0 Å². The monoisotopic (exact) mass is 336 g/mol. The Bertz CT molecular complexity index is 695. The van der Waals surface area contributed by atoms with Crippen molar-refractivity contribution in [3.05, 3.63) is 82.3 Å². The third-order valence-corrected chi connectivity index (χ3v) is 5.11. The molecule has 0 atom stereocenters. The van der Waals surface area contributed by atoms with Gasteiger partial charge in [-0.1, -0.05) is 76.6 Å². The van der Waals surface area contributed by atoms with Crippen LogP contribution in [0, 0.1) is 13.8 Å². The number of halogens is 1. The quantitative estimate of drug-likeness (QED) is 0.507. The Morgan fingerprint density at radius 2 is 1.00 bits per heavy atom. The lowest BCUT2D eigenvalue weighted by molar-refractivity contribution is 1.34. The van der Waals surface area contributed by atoms with E-state index in [9.17, 15) is 0 Å². The van der Waals surface area contributed by atoms with Crippen molar-refractivity contribution < 1.29 is 0 Å². The summed E-state index contributed by atoms with van der Waals surface area (Å²) < 4.78 is 1.20. The van der Waals surface area contributed by atoms with Gasteiger partial charge in [-0.05, 0) is 53.3 Å². The summed E-state index contributed by atoms with van der Waals surface area (Å²) in [7, 11) is 0. The zero-order chi connectivity index (χ0) is 14.8. The molecule has 0 unspecified atom stereocenters. The average molecular weight is 337 g/mol. The predicted molar refractivity (Wildman–Crippen MR) is 94.5 cm³/mol. The fourth-order valence-electron chi connectivity index (χ4n) is 2.71. The molecule has 104 valence electrons. The molecule has 0 aromatic heterocycles. The maximum Gasteiger partial charge on any atom is 0.0246 e. The lowest BCUT2D eigenvalue weighted by atomic mass is 9.92. The average Bonchev–Trinajstić information content (AvgIpc) is 2.55. The molecule has 0 fully saturated rings. The largest absolute Gasteiger partial charge is 0.0622 e. The highest BCUT2D eigenvalue weighted by molar-refractivity contribution is 9.10. The standard InChI is InChI=1S/C20H17Br/c1-14-18(16-9-5-3-6-10-16)13-19(15(2)20(14)21)17-11-7-4-8-12-17/h3-13H,1-2H3. The van der Waals surface area contributed by atoms with E-state index in [4.69, 9.17) is 0 Å². The molecule has 0 nitrogen and oxygen atoms in total. The minimum absolute atomic E-state index is 1.20. The second-order valence-corrected chi connectivity index (χ2v) is 6.06. The molecule has 0 bridgehead atoms. The van der Waals surface area contributed by atoms with E-state index in [1.807, 2.05) is 0 Å². The van der Waals surface area contributed by atoms with E-state index in [0.29, 0.717) is 0 Å². The molecule has 0 N–H and O–H groups in total. The molecule has 0 heterocycles. The minimum Gasteiger partial charge on any atom is -0.0622 e. The smallest absolute Gasteiger partial charge is 0.0246 e. The van der Waals surface area contributed by atoms with Gasteiger partial charge < -0.3 is 0 Å². The Hall–Kier alpha value is -1.86. The summed E-state index contributed by atoms with van der Waals surface area (Å²) in [6.45, 7) is 4.35. The molecule has 21 heavy (non-hydrogen) atoms. The van der Waals surface area contributed by atoms with Gasteiger partial charge in [0.25, 0.3) is 0 Å². The fraction of sp³-hybridized carbons (Fsp3) is 0.100. The summed E-state index contributed by atoms with van der Waals surface area (Å²) in [6, 6.07) is 23.4. The van der Waals surface area contributed by atoms with E-state index in [-0.39, 0.29) is 0 Å². The Morgan fingerprint density at radius 1 is 0.619 bits per heavy atom. The summed E-state index contributed by atoms with van der Waals surface area (Å²) in [5.41, 5.74) is 7.66. The van der Waals surface area contributed by atoms with E-state index in [2.05, 4.69) is 96.5 Å². The van der Waals surface area contributed by atoms with Crippen molar-refractivity contribution >= 4 is 15.9 Å². The van der Waals surface area contributed by atoms with E-state index in [0.717, 1.165) is 0 Å². The second kappa shape index (κ2) is 5.87. The summed E-state index contributed by atoms with van der Waals surface area (Å²) in [6.07, 6.45) is 0. The summed E-state index contributed by atoms with van der Waals surface area (Å²) in [5, 5.41) is 0. The number of hydrogen-bond acceptors (Lipinski definition) is 0. The van der Waals surface area contributed by atoms with Gasteiger partial charge >= 0.3 is 0 Å². The van der Waals surface area contributed by atoms with Crippen LogP contribution in [0.25, 0.3) is 22.3 Å². The van der Waals surface area contributed by atoms with Crippen molar-refractivity contribution in [2.45, 2.75) is 13.8 Å². The fourth-order valence-corrected chi connectivity index (χ4v) is 3.14. The minimum atomic E-state index is 1.20. The van der Waals surface area contributed by atoms with Crippen molar-refractivity contribution in [3.8, 4) is 22.3 Å². The predicted octanol–water partition coefficient (Wildman–Crippen LogP) is 6.40. The lowest BCUT2D eigenvalue weighted by Gasteiger charge is -2.16. The van der Waals surface area contributed by atoms with Gasteiger partial charge in [-0.15, -0.1) is 0 Å². The van der Waals surface area contributed by atoms with E-state index in [1.54, 1.807) is 0 Å². The zero-order valence-electron chi connectivity index (χ0n) is 12.2. The Morgan fingerprint density at radius 3 is 1.38 bits per heavy atom. The SMILES string of the molecule is Cc1c(-c2ccccc2)cc(-c2ccccc2)c(C)c1Br. The molecule has 0 saturated carbocycles. The van der Waals surface area contributed by atoms with E-state index < -0.39 is 0 Å². The highest BCUT2D eigenvalue weighted by atomic mass is 79.9. The first-order chi connectivity index (χ1) is 10.2. The summed E-state index contributed by atoms with van der Waals surface area (Å²) >= 11 is 3.78. The van der Waals surface area contributed by atoms with Gasteiger partial charge in [0.05, 0.1) is 0 Å². The van der Waals surface area contributed by atoms with Crippen LogP contribution in [0.15, 0.2) is 71.2 Å². The van der Waals surface area contributed by atoms with Crippen LogP contribution in [0.4, 0.5) is 0 Å². The van der Waals surface area contributed by atoms with Gasteiger partial charge in [0.1, 0.15) is 0 Å². The van der Waals surface area contributed by atoms with Gasteiger partial charge in [-0.3, -0.25) is 0 Å². The highest BCUT2D eigenvalue weighted by Crippen LogP contribution is 2.37. The van der Waals surface area contributed by atoms with Crippen LogP contribution in [-0.4, -0.2) is 0 Å². The zero-order valence-corrected chi connectivity index (χ0v) is 13.8. The van der Waals surface area contributed by atoms with Crippen molar-refractivity contribution in [2.75, 3.05) is 0 Å². The molecule has 3 rings (SSSR count). The van der Waals surface area contributed by atoms with E-state index >= 15 is 0 Å². The molecule has 0 spiro atoms. The molecule has 0 amide bonds. The van der Waals surface area contributed by atoms with Crippen molar-refractivity contribution in [3.63, 3.8) is 0 Å². The molecule has 0 aliphatic carbocycles. The van der Waals surface area contributed by atoms with Gasteiger partial charge in [0, 0.05) is 4.47 Å². The summed E-state index contributed by atoms with van der Waals surface area (Å²) in [4.78, 5) is 0. The maximum atomic E-state index is 3.78. The van der Waals surface area contributed by atoms with Crippen LogP contribution in [0.1, 0.15) is 11.1 Å². The summed E-state index contributed by atoms with van der Waals surface area (Å²) in [5.74, 6) is 0. The molecule has 3 aromatic rings. The van der Waals surface area contributed by atoms with Gasteiger partial charge in [0.15, 0.2) is 0 Å². The third kappa shape index (κ3) is 2.66. The number of hydrogen-bond donors (Lipinski definition) is 0. The molecule has 1 heteroatoms. The van der Waals surface area contributed by atoms with Gasteiger partial charge in [-0.2, -0.15) is 0 Å². The lowest BCUT2D eigenvalue weighted by Crippen LogP contribution is -1.92. The Kier molecular flexibility index (Phi) is 3.94. The Balaban J connectivity index is 2.26. The molecule has 0 saturated heterocycles. The van der Waals surface area contributed by atoms with Gasteiger partial charge in [-0.25, -0.2) is 0 Å². The highest BCUT2D eigenvalue weighted by Gasteiger charge is 2.13. The van der Waals surface area contributed by atoms with Crippen LogP contribution in [-0.2, 0) is 0 Å². The first kappa shape index (κ1) is 14.1. The Labute approximate surface area is 134 Å². The molecule has 0 aliphatic rings. The van der Waals surface area contributed by atoms with Crippen LogP contribution in [0.2, 0.25) is 0 Å². The topological polar surface area (TPSA) is 0 Å². The normalized spacial score (nSPS) is 10.6. The van der Waals surface area contributed by atoms with E-state index in [1.165, 1.54) is 37.9 Å². The molecular formula is C20H17Br. The van der Waals surface area contributed by atoms with Crippen molar-refractivity contribution in [1.29, 1.82) is 0 Å². The van der Waals surface area contributed by atoms with Crippen LogP contribution >= 0.6 is 15.9 Å². The van der Waals surface area contributed by atoms with Crippen molar-refractivity contribution in [1.82, 2.24) is 0 Å². The molecule has 0 radical (unpaired) electrons. The molecular weight excluding hydrogens is 320 g/mol. The second-order valence-electron chi connectivity index (χ2n) is 5.27. The van der Waals surface area contributed by atoms with Gasteiger partial charge in [0.2, 0.25) is 0 Å². The first-order valence-corrected chi connectivity index (χ1v) is 7.88. The third-order valence-electron chi connectivity index (χ3n) is 3.92. The molecule has 0 aliphatic heterocycles. The molecule has 3 aromatic carbocycles. The first-order valence-electron chi connectivity index (χ1n) is 7.09. The number of rotatable bonds is 2. The number of benzene rings is 3. The van der Waals surface area contributed by atoms with Crippen LogP contribution in [0.3, 0.4) is 0 Å². The van der Waals surface area contributed by atoms with Crippen molar-refractivity contribution in [2.24, 2.45) is 0 Å². The maximum absolute atomic E-state index is 3.78. The van der Waals surface area contributed by atoms with Crippen LogP contribution < -0.4 is 0 Å².